The summed E-state index contributed by atoms with van der Waals surface area (Å²) in [5, 5.41) is 12.1. The van der Waals surface area contributed by atoms with Crippen LogP contribution in [0.4, 0.5) is 0 Å². The Hall–Kier alpha value is -2.20. The van der Waals surface area contributed by atoms with Crippen molar-refractivity contribution < 1.29 is 14.3 Å². The minimum atomic E-state index is -1.26. The monoisotopic (exact) mass is 297 g/mol. The zero-order chi connectivity index (χ0) is 14.7. The first kappa shape index (κ1) is 13.8. The van der Waals surface area contributed by atoms with Crippen LogP contribution in [0, 0.1) is 0 Å². The molecule has 0 unspecified atom stereocenters. The van der Waals surface area contributed by atoms with Crippen molar-refractivity contribution in [2.24, 2.45) is 0 Å². The van der Waals surface area contributed by atoms with Gasteiger partial charge in [0.05, 0.1) is 0 Å². The lowest BCUT2D eigenvalue weighted by atomic mass is 10.1. The highest BCUT2D eigenvalue weighted by Crippen LogP contribution is 2.30. The molecule has 0 spiro atoms. The van der Waals surface area contributed by atoms with Crippen molar-refractivity contribution in [1.29, 1.82) is 0 Å². The summed E-state index contributed by atoms with van der Waals surface area (Å²) < 4.78 is 5.39. The summed E-state index contributed by atoms with van der Waals surface area (Å²) in [5.41, 5.74) is 2.50. The highest BCUT2D eigenvalue weighted by Gasteiger charge is 2.14. The van der Waals surface area contributed by atoms with Gasteiger partial charge in [0.25, 0.3) is 0 Å². The highest BCUT2D eigenvalue weighted by molar-refractivity contribution is 7.97. The van der Waals surface area contributed by atoms with Gasteiger partial charge >= 0.3 is 0 Å². The largest absolute Gasteiger partial charge is 0.542 e. The second kappa shape index (κ2) is 6.06. The van der Waals surface area contributed by atoms with Crippen LogP contribution in [0.1, 0.15) is 21.7 Å². The third-order valence-corrected chi connectivity index (χ3v) is 4.27. The summed E-state index contributed by atoms with van der Waals surface area (Å²) in [5.74, 6) is 0.0838. The zero-order valence-electron chi connectivity index (χ0n) is 11.2. The number of carbonyl (C=O) groups is 1. The first-order valence-electron chi connectivity index (χ1n) is 6.59. The number of fused-ring (bicyclic) bond motifs is 1. The Kier molecular flexibility index (Phi) is 3.97. The molecule has 3 rings (SSSR count). The van der Waals surface area contributed by atoms with Crippen molar-refractivity contribution in [1.82, 2.24) is 0 Å². The van der Waals surface area contributed by atoms with Crippen LogP contribution in [-0.2, 0) is 11.5 Å². The van der Waals surface area contributed by atoms with E-state index >= 15 is 0 Å². The molecule has 0 fully saturated rings. The van der Waals surface area contributed by atoms with Gasteiger partial charge < -0.3 is 14.3 Å². The number of carbonyl (C=O) groups excluding carboxylic acids is 1. The SMILES string of the molecule is O=C([O-])c1oc2ccccc2c1CSCc1ccccc1. The Labute approximate surface area is 126 Å². The van der Waals surface area contributed by atoms with Gasteiger partial charge in [-0.2, -0.15) is 11.8 Å². The first-order valence-corrected chi connectivity index (χ1v) is 7.74. The van der Waals surface area contributed by atoms with E-state index in [9.17, 15) is 9.90 Å². The first-order chi connectivity index (χ1) is 10.3. The number of hydrogen-bond donors (Lipinski definition) is 0. The van der Waals surface area contributed by atoms with Gasteiger partial charge in [-0.25, -0.2) is 0 Å². The van der Waals surface area contributed by atoms with Gasteiger partial charge in [-0.05, 0) is 11.6 Å². The van der Waals surface area contributed by atoms with E-state index in [2.05, 4.69) is 12.1 Å². The van der Waals surface area contributed by atoms with E-state index < -0.39 is 5.97 Å². The van der Waals surface area contributed by atoms with Crippen molar-refractivity contribution in [3.8, 4) is 0 Å². The smallest absolute Gasteiger partial charge is 0.154 e. The van der Waals surface area contributed by atoms with Crippen molar-refractivity contribution in [3.05, 3.63) is 71.5 Å². The molecule has 0 N–H and O–H groups in total. The molecule has 3 aromatic rings. The van der Waals surface area contributed by atoms with Crippen molar-refractivity contribution in [2.45, 2.75) is 11.5 Å². The molecule has 0 saturated carbocycles. The number of aromatic carboxylic acids is 1. The number of carboxylic acids is 1. The van der Waals surface area contributed by atoms with E-state index in [1.54, 1.807) is 17.8 Å². The van der Waals surface area contributed by atoms with Crippen molar-refractivity contribution in [3.63, 3.8) is 0 Å². The molecule has 0 aliphatic heterocycles. The molecule has 0 amide bonds. The molecular weight excluding hydrogens is 284 g/mol. The number of furan rings is 1. The zero-order valence-corrected chi connectivity index (χ0v) is 12.1. The van der Waals surface area contributed by atoms with E-state index in [0.29, 0.717) is 16.9 Å². The van der Waals surface area contributed by atoms with Gasteiger partial charge in [-0.1, -0.05) is 48.5 Å². The summed E-state index contributed by atoms with van der Waals surface area (Å²) in [6.07, 6.45) is 0. The average molecular weight is 297 g/mol. The Morgan fingerprint density at radius 1 is 1.00 bits per heavy atom. The summed E-state index contributed by atoms with van der Waals surface area (Å²) >= 11 is 1.66. The van der Waals surface area contributed by atoms with Crippen molar-refractivity contribution >= 4 is 28.7 Å². The lowest BCUT2D eigenvalue weighted by molar-refractivity contribution is -0.257. The number of hydrogen-bond acceptors (Lipinski definition) is 4. The molecule has 0 radical (unpaired) electrons. The van der Waals surface area contributed by atoms with Crippen LogP contribution in [0.2, 0.25) is 0 Å². The molecule has 0 aliphatic carbocycles. The molecule has 0 atom stereocenters. The van der Waals surface area contributed by atoms with Crippen LogP contribution in [0.25, 0.3) is 11.0 Å². The number of carboxylic acid groups (broad SMARTS) is 1. The summed E-state index contributed by atoms with van der Waals surface area (Å²) in [6.45, 7) is 0. The van der Waals surface area contributed by atoms with E-state index in [0.717, 1.165) is 11.1 Å². The lowest BCUT2D eigenvalue weighted by Gasteiger charge is -2.04. The van der Waals surface area contributed by atoms with Gasteiger partial charge in [0.15, 0.2) is 5.76 Å². The molecule has 3 nitrogen and oxygen atoms in total. The highest BCUT2D eigenvalue weighted by atomic mass is 32.2. The maximum absolute atomic E-state index is 11.2. The quantitative estimate of drug-likeness (QED) is 0.725. The molecule has 0 bridgehead atoms. The molecule has 0 aliphatic rings. The molecule has 106 valence electrons. The van der Waals surface area contributed by atoms with Crippen LogP contribution in [0.3, 0.4) is 0 Å². The predicted molar refractivity (Wildman–Crippen MR) is 82.0 cm³/mol. The standard InChI is InChI=1S/C17H14O3S/c18-17(19)16-14(13-8-4-5-9-15(13)20-16)11-21-10-12-6-2-1-3-7-12/h1-9H,10-11H2,(H,18,19)/p-1. The maximum atomic E-state index is 11.2. The molecule has 21 heavy (non-hydrogen) atoms. The fraction of sp³-hybridized carbons (Fsp3) is 0.118. The van der Waals surface area contributed by atoms with Crippen LogP contribution in [-0.4, -0.2) is 5.97 Å². The number of rotatable bonds is 5. The molecule has 1 heterocycles. The average Bonchev–Trinajstić information content (AvgIpc) is 2.88. The van der Waals surface area contributed by atoms with E-state index in [-0.39, 0.29) is 5.76 Å². The van der Waals surface area contributed by atoms with Crippen LogP contribution < -0.4 is 5.11 Å². The molecule has 4 heteroatoms. The molecule has 1 aromatic heterocycles. The fourth-order valence-electron chi connectivity index (χ4n) is 2.25. The topological polar surface area (TPSA) is 53.3 Å². The Bertz CT molecular complexity index is 762. The summed E-state index contributed by atoms with van der Waals surface area (Å²) in [7, 11) is 0. The van der Waals surface area contributed by atoms with E-state index in [1.165, 1.54) is 5.56 Å². The molecular formula is C17H13O3S-. The number of thioether (sulfide) groups is 1. The summed E-state index contributed by atoms with van der Waals surface area (Å²) in [4.78, 5) is 11.2. The third kappa shape index (κ3) is 2.95. The van der Waals surface area contributed by atoms with Crippen LogP contribution in [0.5, 0.6) is 0 Å². The number of para-hydroxylation sites is 1. The van der Waals surface area contributed by atoms with E-state index in [1.807, 2.05) is 36.4 Å². The van der Waals surface area contributed by atoms with Gasteiger partial charge in [-0.15, -0.1) is 0 Å². The van der Waals surface area contributed by atoms with E-state index in [4.69, 9.17) is 4.42 Å². The normalized spacial score (nSPS) is 10.9. The third-order valence-electron chi connectivity index (χ3n) is 3.24. The van der Waals surface area contributed by atoms with Gasteiger partial charge in [-0.3, -0.25) is 0 Å². The minimum Gasteiger partial charge on any atom is -0.542 e. The van der Waals surface area contributed by atoms with Crippen LogP contribution >= 0.6 is 11.8 Å². The minimum absolute atomic E-state index is 0.0586. The molecule has 0 saturated heterocycles. The van der Waals surface area contributed by atoms with Crippen LogP contribution in [0.15, 0.2) is 59.0 Å². The second-order valence-corrected chi connectivity index (χ2v) is 5.66. The lowest BCUT2D eigenvalue weighted by Crippen LogP contribution is -2.22. The predicted octanol–water partition coefficient (Wildman–Crippen LogP) is 3.23. The van der Waals surface area contributed by atoms with Gasteiger partial charge in [0, 0.05) is 22.5 Å². The van der Waals surface area contributed by atoms with Gasteiger partial charge in [0.2, 0.25) is 0 Å². The fourth-order valence-corrected chi connectivity index (χ4v) is 3.27. The van der Waals surface area contributed by atoms with Crippen molar-refractivity contribution in [2.75, 3.05) is 0 Å². The molecule has 2 aromatic carbocycles. The Balaban J connectivity index is 1.82. The second-order valence-electron chi connectivity index (χ2n) is 4.67. The Morgan fingerprint density at radius 3 is 2.48 bits per heavy atom. The van der Waals surface area contributed by atoms with Gasteiger partial charge in [0.1, 0.15) is 11.6 Å². The Morgan fingerprint density at radius 2 is 1.71 bits per heavy atom. The maximum Gasteiger partial charge on any atom is 0.154 e. The number of benzene rings is 2. The summed E-state index contributed by atoms with van der Waals surface area (Å²) in [6, 6.07) is 17.4.